The third-order valence-corrected chi connectivity index (χ3v) is 3.93. The summed E-state index contributed by atoms with van der Waals surface area (Å²) in [6.45, 7) is 4.52. The van der Waals surface area contributed by atoms with E-state index in [-0.39, 0.29) is 12.6 Å². The zero-order chi connectivity index (χ0) is 14.5. The molecule has 1 aliphatic carbocycles. The van der Waals surface area contributed by atoms with Crippen molar-refractivity contribution in [1.82, 2.24) is 0 Å². The molecule has 0 bridgehead atoms. The minimum absolute atomic E-state index is 0.0536. The van der Waals surface area contributed by atoms with E-state index < -0.39 is 0 Å². The van der Waals surface area contributed by atoms with E-state index in [0.29, 0.717) is 11.8 Å². The largest absolute Gasteiger partial charge is 0.482 e. The molecule has 0 amide bonds. The number of carbonyl (C=O) groups is 1. The summed E-state index contributed by atoms with van der Waals surface area (Å²) >= 11 is 0. The molecule has 0 aliphatic heterocycles. The molecule has 0 heterocycles. The van der Waals surface area contributed by atoms with E-state index in [0.717, 1.165) is 17.5 Å². The maximum absolute atomic E-state index is 11.0. The van der Waals surface area contributed by atoms with Crippen molar-refractivity contribution in [2.24, 2.45) is 11.8 Å². The van der Waals surface area contributed by atoms with Crippen LogP contribution >= 0.6 is 0 Å². The van der Waals surface area contributed by atoms with Crippen LogP contribution in [0, 0.1) is 11.8 Å². The second-order valence-electron chi connectivity index (χ2n) is 5.71. The lowest BCUT2D eigenvalue weighted by atomic mass is 9.73. The summed E-state index contributed by atoms with van der Waals surface area (Å²) in [5.74, 6) is 1.94. The van der Waals surface area contributed by atoms with E-state index in [1.54, 1.807) is 0 Å². The minimum atomic E-state index is -0.374. The Balaban J connectivity index is 1.76. The highest BCUT2D eigenvalue weighted by molar-refractivity contribution is 5.70. The van der Waals surface area contributed by atoms with E-state index in [9.17, 15) is 4.79 Å². The average molecular weight is 277 g/mol. The number of nitrogens with one attached hydrogen (secondary N) is 1. The van der Waals surface area contributed by atoms with Crippen molar-refractivity contribution in [1.29, 1.82) is 0 Å². The quantitative estimate of drug-likeness (QED) is 0.812. The first-order chi connectivity index (χ1) is 9.58. The Morgan fingerprint density at radius 1 is 1.30 bits per heavy atom. The molecule has 0 aromatic heterocycles. The molecule has 1 aromatic rings. The number of rotatable bonds is 6. The van der Waals surface area contributed by atoms with Gasteiger partial charge in [-0.05, 0) is 48.9 Å². The summed E-state index contributed by atoms with van der Waals surface area (Å²) in [6, 6.07) is 8.28. The Morgan fingerprint density at radius 2 is 1.95 bits per heavy atom. The van der Waals surface area contributed by atoms with Gasteiger partial charge in [0.25, 0.3) is 0 Å². The first-order valence-corrected chi connectivity index (χ1v) is 7.14. The molecule has 1 fully saturated rings. The molecule has 1 aromatic carbocycles. The molecule has 0 radical (unpaired) electrons. The molecular weight excluding hydrogens is 254 g/mol. The van der Waals surface area contributed by atoms with E-state index >= 15 is 0 Å². The SMILES string of the molecule is COC(=O)COc1ccc(NC2CC(C(C)C)C2)cc1. The van der Waals surface area contributed by atoms with Crippen LogP contribution in [0.1, 0.15) is 26.7 Å². The zero-order valence-corrected chi connectivity index (χ0v) is 12.4. The molecule has 4 heteroatoms. The highest BCUT2D eigenvalue weighted by Gasteiger charge is 2.30. The minimum Gasteiger partial charge on any atom is -0.482 e. The number of methoxy groups -OCH3 is 1. The lowest BCUT2D eigenvalue weighted by Gasteiger charge is -2.39. The average Bonchev–Trinajstić information content (AvgIpc) is 2.40. The Labute approximate surface area is 120 Å². The van der Waals surface area contributed by atoms with Crippen LogP contribution in [0.15, 0.2) is 24.3 Å². The van der Waals surface area contributed by atoms with Crippen LogP contribution in [0.2, 0.25) is 0 Å². The van der Waals surface area contributed by atoms with Gasteiger partial charge in [-0.2, -0.15) is 0 Å². The zero-order valence-electron chi connectivity index (χ0n) is 12.4. The third-order valence-electron chi connectivity index (χ3n) is 3.93. The van der Waals surface area contributed by atoms with Crippen LogP contribution in [0.25, 0.3) is 0 Å². The number of esters is 1. The van der Waals surface area contributed by atoms with Gasteiger partial charge in [-0.25, -0.2) is 4.79 Å². The summed E-state index contributed by atoms with van der Waals surface area (Å²) in [4.78, 5) is 11.0. The normalized spacial score (nSPS) is 21.2. The molecular formula is C16H23NO3. The van der Waals surface area contributed by atoms with Gasteiger partial charge in [-0.15, -0.1) is 0 Å². The van der Waals surface area contributed by atoms with Crippen LogP contribution in [-0.4, -0.2) is 25.7 Å². The van der Waals surface area contributed by atoms with Crippen LogP contribution in [0.4, 0.5) is 5.69 Å². The fourth-order valence-electron chi connectivity index (χ4n) is 2.41. The standard InChI is InChI=1S/C16H23NO3/c1-11(2)12-8-14(9-12)17-13-4-6-15(7-5-13)20-10-16(18)19-3/h4-7,11-12,14,17H,8-10H2,1-3H3. The fourth-order valence-corrected chi connectivity index (χ4v) is 2.41. The molecule has 1 N–H and O–H groups in total. The first kappa shape index (κ1) is 14.7. The van der Waals surface area contributed by atoms with Gasteiger partial charge >= 0.3 is 5.97 Å². The molecule has 1 aliphatic rings. The smallest absolute Gasteiger partial charge is 0.343 e. The van der Waals surface area contributed by atoms with Gasteiger partial charge in [-0.3, -0.25) is 0 Å². The predicted molar refractivity (Wildman–Crippen MR) is 78.9 cm³/mol. The van der Waals surface area contributed by atoms with E-state index in [2.05, 4.69) is 23.9 Å². The summed E-state index contributed by atoms with van der Waals surface area (Å²) in [7, 11) is 1.35. The van der Waals surface area contributed by atoms with E-state index in [4.69, 9.17) is 4.74 Å². The van der Waals surface area contributed by atoms with Gasteiger partial charge in [0.2, 0.25) is 0 Å². The Bertz CT molecular complexity index is 436. The highest BCUT2D eigenvalue weighted by Crippen LogP contribution is 2.35. The van der Waals surface area contributed by atoms with Crippen LogP contribution in [0.5, 0.6) is 5.75 Å². The summed E-state index contributed by atoms with van der Waals surface area (Å²) < 4.78 is 9.83. The maximum atomic E-state index is 11.0. The molecule has 0 atom stereocenters. The maximum Gasteiger partial charge on any atom is 0.343 e. The number of carbonyl (C=O) groups excluding carboxylic acids is 1. The number of hydrogen-bond donors (Lipinski definition) is 1. The van der Waals surface area contributed by atoms with Gasteiger partial charge in [0, 0.05) is 11.7 Å². The fraction of sp³-hybridized carbons (Fsp3) is 0.562. The molecule has 0 saturated heterocycles. The molecule has 4 nitrogen and oxygen atoms in total. The van der Waals surface area contributed by atoms with Crippen LogP contribution < -0.4 is 10.1 Å². The van der Waals surface area contributed by atoms with Gasteiger partial charge in [-0.1, -0.05) is 13.8 Å². The first-order valence-electron chi connectivity index (χ1n) is 7.14. The molecule has 110 valence electrons. The van der Waals surface area contributed by atoms with Crippen molar-refractivity contribution >= 4 is 11.7 Å². The van der Waals surface area contributed by atoms with Crippen molar-refractivity contribution < 1.29 is 14.3 Å². The van der Waals surface area contributed by atoms with Gasteiger partial charge in [0.15, 0.2) is 6.61 Å². The molecule has 2 rings (SSSR count). The number of hydrogen-bond acceptors (Lipinski definition) is 4. The lowest BCUT2D eigenvalue weighted by Crippen LogP contribution is -2.37. The topological polar surface area (TPSA) is 47.6 Å². The van der Waals surface area contributed by atoms with E-state index in [1.165, 1.54) is 20.0 Å². The second-order valence-corrected chi connectivity index (χ2v) is 5.71. The highest BCUT2D eigenvalue weighted by atomic mass is 16.6. The van der Waals surface area contributed by atoms with Gasteiger partial charge in [0.1, 0.15) is 5.75 Å². The van der Waals surface area contributed by atoms with Crippen molar-refractivity contribution in [2.45, 2.75) is 32.7 Å². The summed E-state index contributed by atoms with van der Waals surface area (Å²) in [6.07, 6.45) is 2.50. The molecule has 1 saturated carbocycles. The molecule has 0 unspecified atom stereocenters. The Kier molecular flexibility index (Phi) is 4.88. The van der Waals surface area contributed by atoms with Crippen molar-refractivity contribution in [2.75, 3.05) is 19.0 Å². The molecule has 20 heavy (non-hydrogen) atoms. The van der Waals surface area contributed by atoms with E-state index in [1.807, 2.05) is 24.3 Å². The van der Waals surface area contributed by atoms with Crippen molar-refractivity contribution in [3.8, 4) is 5.75 Å². The van der Waals surface area contributed by atoms with Crippen molar-refractivity contribution in [3.63, 3.8) is 0 Å². The van der Waals surface area contributed by atoms with Gasteiger partial charge in [0.05, 0.1) is 7.11 Å². The Hall–Kier alpha value is -1.71. The monoisotopic (exact) mass is 277 g/mol. The van der Waals surface area contributed by atoms with Crippen LogP contribution in [-0.2, 0) is 9.53 Å². The summed E-state index contributed by atoms with van der Waals surface area (Å²) in [5.41, 5.74) is 1.10. The van der Waals surface area contributed by atoms with Crippen molar-refractivity contribution in [3.05, 3.63) is 24.3 Å². The number of ether oxygens (including phenoxy) is 2. The van der Waals surface area contributed by atoms with Gasteiger partial charge < -0.3 is 14.8 Å². The number of benzene rings is 1. The Morgan fingerprint density at radius 3 is 2.50 bits per heavy atom. The predicted octanol–water partition coefficient (Wildman–Crippen LogP) is 3.08. The lowest BCUT2D eigenvalue weighted by molar-refractivity contribution is -0.142. The third kappa shape index (κ3) is 3.89. The second kappa shape index (κ2) is 6.64. The van der Waals surface area contributed by atoms with Crippen LogP contribution in [0.3, 0.4) is 0 Å². The summed E-state index contributed by atoms with van der Waals surface area (Å²) in [5, 5.41) is 3.52. The number of anilines is 1. The molecule has 0 spiro atoms.